The minimum atomic E-state index is -0.0418. The van der Waals surface area contributed by atoms with E-state index in [2.05, 4.69) is 208 Å². The minimum absolute atomic E-state index is 0.0418. The van der Waals surface area contributed by atoms with Crippen LogP contribution in [0.25, 0.3) is 98.7 Å². The zero-order valence-corrected chi connectivity index (χ0v) is 31.0. The molecule has 0 N–H and O–H groups in total. The van der Waals surface area contributed by atoms with E-state index in [1.54, 1.807) is 0 Å². The maximum Gasteiger partial charge on any atom is 0.0158 e. The summed E-state index contributed by atoms with van der Waals surface area (Å²) in [5, 5.41) is 10.1. The van der Waals surface area contributed by atoms with Crippen LogP contribution < -0.4 is 0 Å². The van der Waals surface area contributed by atoms with Crippen LogP contribution in [0.3, 0.4) is 0 Å². The van der Waals surface area contributed by atoms with E-state index in [0.717, 1.165) is 0 Å². The number of fused-ring (bicyclic) bond motifs is 7. The van der Waals surface area contributed by atoms with Gasteiger partial charge < -0.3 is 0 Å². The summed E-state index contributed by atoms with van der Waals surface area (Å²) in [4.78, 5) is 0. The van der Waals surface area contributed by atoms with Crippen molar-refractivity contribution in [1.82, 2.24) is 0 Å². The molecule has 0 unspecified atom stereocenters. The summed E-state index contributed by atoms with van der Waals surface area (Å²) in [6.07, 6.45) is 0. The zero-order valence-electron chi connectivity index (χ0n) is 31.0. The third-order valence-electron chi connectivity index (χ3n) is 12.3. The van der Waals surface area contributed by atoms with Crippen LogP contribution in [0, 0.1) is 0 Å². The average molecular weight is 699 g/mol. The Morgan fingerprint density at radius 3 is 1.62 bits per heavy atom. The molecule has 0 saturated carbocycles. The van der Waals surface area contributed by atoms with E-state index < -0.39 is 0 Å². The fourth-order valence-electron chi connectivity index (χ4n) is 9.52. The number of benzene rings is 10. The van der Waals surface area contributed by atoms with Gasteiger partial charge in [0.2, 0.25) is 0 Å². The molecule has 11 rings (SSSR count). The first kappa shape index (κ1) is 31.7. The van der Waals surface area contributed by atoms with Crippen LogP contribution in [0.1, 0.15) is 25.0 Å². The monoisotopic (exact) mass is 698 g/mol. The van der Waals surface area contributed by atoms with Crippen molar-refractivity contribution < 1.29 is 0 Å². The van der Waals surface area contributed by atoms with Gasteiger partial charge in [0.05, 0.1) is 0 Å². The molecule has 55 heavy (non-hydrogen) atoms. The highest BCUT2D eigenvalue weighted by Gasteiger charge is 2.35. The van der Waals surface area contributed by atoms with Gasteiger partial charge in [0, 0.05) is 5.41 Å². The molecule has 0 fully saturated rings. The molecule has 0 radical (unpaired) electrons. The summed E-state index contributed by atoms with van der Waals surface area (Å²) in [5.41, 5.74) is 15.4. The second-order valence-electron chi connectivity index (χ2n) is 15.7. The standard InChI is InChI=1S/C55H38/c1-55(2)51-21-10-9-17-45(51)49-34-42(29-31-52(49)55)54-47-19-8-7-18-46(47)53(38-25-23-37(24-26-38)44-20-11-15-36-13-5-6-16-43(36)44)48-30-28-41(33-50(48)54)40-27-22-35-12-3-4-14-39(35)32-40/h3-34H,1-2H3. The third kappa shape index (κ3) is 4.92. The van der Waals surface area contributed by atoms with E-state index in [4.69, 9.17) is 0 Å². The Bertz CT molecular complexity index is 3150. The summed E-state index contributed by atoms with van der Waals surface area (Å²) >= 11 is 0. The lowest BCUT2D eigenvalue weighted by molar-refractivity contribution is 0.660. The van der Waals surface area contributed by atoms with Gasteiger partial charge in [0.1, 0.15) is 0 Å². The predicted octanol–water partition coefficient (Wildman–Crippen LogP) is 15.3. The summed E-state index contributed by atoms with van der Waals surface area (Å²) in [6.45, 7) is 4.72. The van der Waals surface area contributed by atoms with Crippen LogP contribution >= 0.6 is 0 Å². The van der Waals surface area contributed by atoms with E-state index in [0.29, 0.717) is 0 Å². The lowest BCUT2D eigenvalue weighted by Gasteiger charge is -2.22. The molecule has 1 aliphatic rings. The molecule has 10 aromatic rings. The molecule has 0 nitrogen and oxygen atoms in total. The molecule has 0 spiro atoms. The van der Waals surface area contributed by atoms with E-state index >= 15 is 0 Å². The zero-order chi connectivity index (χ0) is 36.7. The maximum atomic E-state index is 2.46. The number of hydrogen-bond acceptors (Lipinski definition) is 0. The summed E-state index contributed by atoms with van der Waals surface area (Å²) in [6, 6.07) is 72.3. The molecule has 0 aliphatic heterocycles. The van der Waals surface area contributed by atoms with Crippen LogP contribution in [-0.2, 0) is 5.41 Å². The Labute approximate surface area is 322 Å². The smallest absolute Gasteiger partial charge is 0.0158 e. The molecule has 0 heterocycles. The normalized spacial score (nSPS) is 13.1. The first-order chi connectivity index (χ1) is 27.0. The van der Waals surface area contributed by atoms with Crippen LogP contribution in [0.4, 0.5) is 0 Å². The highest BCUT2D eigenvalue weighted by Crippen LogP contribution is 2.51. The van der Waals surface area contributed by atoms with Crippen molar-refractivity contribution in [3.8, 4) is 55.6 Å². The van der Waals surface area contributed by atoms with Crippen molar-refractivity contribution >= 4 is 43.1 Å². The van der Waals surface area contributed by atoms with E-state index in [9.17, 15) is 0 Å². The molecule has 0 atom stereocenters. The molecular weight excluding hydrogens is 661 g/mol. The fourth-order valence-corrected chi connectivity index (χ4v) is 9.52. The van der Waals surface area contributed by atoms with Gasteiger partial charge in [-0.15, -0.1) is 0 Å². The van der Waals surface area contributed by atoms with Gasteiger partial charge in [-0.2, -0.15) is 0 Å². The molecule has 0 heteroatoms. The quantitative estimate of drug-likeness (QED) is 0.161. The topological polar surface area (TPSA) is 0 Å². The predicted molar refractivity (Wildman–Crippen MR) is 236 cm³/mol. The Balaban J connectivity index is 1.17. The Morgan fingerprint density at radius 1 is 0.273 bits per heavy atom. The first-order valence-electron chi connectivity index (χ1n) is 19.3. The lowest BCUT2D eigenvalue weighted by atomic mass is 9.81. The lowest BCUT2D eigenvalue weighted by Crippen LogP contribution is -2.14. The van der Waals surface area contributed by atoms with Crippen LogP contribution in [-0.4, -0.2) is 0 Å². The fraction of sp³-hybridized carbons (Fsp3) is 0.0545. The number of rotatable bonds is 4. The van der Waals surface area contributed by atoms with Gasteiger partial charge in [0.15, 0.2) is 0 Å². The Hall–Kier alpha value is -6.76. The van der Waals surface area contributed by atoms with Gasteiger partial charge in [-0.25, -0.2) is 0 Å². The summed E-state index contributed by atoms with van der Waals surface area (Å²) in [5.74, 6) is 0. The molecule has 1 aliphatic carbocycles. The first-order valence-corrected chi connectivity index (χ1v) is 19.3. The van der Waals surface area contributed by atoms with Crippen LogP contribution in [0.5, 0.6) is 0 Å². The van der Waals surface area contributed by atoms with Gasteiger partial charge in [-0.3, -0.25) is 0 Å². The third-order valence-corrected chi connectivity index (χ3v) is 12.3. The Morgan fingerprint density at radius 2 is 0.800 bits per heavy atom. The molecule has 258 valence electrons. The van der Waals surface area contributed by atoms with Gasteiger partial charge >= 0.3 is 0 Å². The molecule has 10 aromatic carbocycles. The highest BCUT2D eigenvalue weighted by atomic mass is 14.4. The second kappa shape index (κ2) is 12.1. The maximum absolute atomic E-state index is 2.46. The van der Waals surface area contributed by atoms with Gasteiger partial charge in [0.25, 0.3) is 0 Å². The van der Waals surface area contributed by atoms with Crippen molar-refractivity contribution in [3.05, 3.63) is 205 Å². The van der Waals surface area contributed by atoms with Crippen LogP contribution in [0.2, 0.25) is 0 Å². The minimum Gasteiger partial charge on any atom is -0.0619 e. The number of hydrogen-bond donors (Lipinski definition) is 0. The van der Waals surface area contributed by atoms with Crippen molar-refractivity contribution in [2.45, 2.75) is 19.3 Å². The van der Waals surface area contributed by atoms with Crippen molar-refractivity contribution in [1.29, 1.82) is 0 Å². The molecule has 0 amide bonds. The Kier molecular flexibility index (Phi) is 7.00. The summed E-state index contributed by atoms with van der Waals surface area (Å²) < 4.78 is 0. The molecule has 0 saturated heterocycles. The van der Waals surface area contributed by atoms with Crippen molar-refractivity contribution in [2.24, 2.45) is 0 Å². The van der Waals surface area contributed by atoms with Crippen molar-refractivity contribution in [3.63, 3.8) is 0 Å². The molecular formula is C55H38. The average Bonchev–Trinajstić information content (AvgIpc) is 3.47. The second-order valence-corrected chi connectivity index (χ2v) is 15.7. The molecule has 0 aromatic heterocycles. The van der Waals surface area contributed by atoms with E-state index in [1.807, 2.05) is 0 Å². The SMILES string of the molecule is CC1(C)c2ccccc2-c2cc(-c3c4ccccc4c(-c4ccc(-c5cccc6ccccc56)cc4)c4ccc(-c5ccc6ccccc6c5)cc34)ccc21. The van der Waals surface area contributed by atoms with E-state index in [-0.39, 0.29) is 5.41 Å². The van der Waals surface area contributed by atoms with Crippen LogP contribution in [0.15, 0.2) is 194 Å². The largest absolute Gasteiger partial charge is 0.0619 e. The van der Waals surface area contributed by atoms with Gasteiger partial charge in [-0.05, 0) is 128 Å². The van der Waals surface area contributed by atoms with Crippen molar-refractivity contribution in [2.75, 3.05) is 0 Å². The summed E-state index contributed by atoms with van der Waals surface area (Å²) in [7, 11) is 0. The van der Waals surface area contributed by atoms with Gasteiger partial charge in [-0.1, -0.05) is 190 Å². The van der Waals surface area contributed by atoms with E-state index in [1.165, 1.54) is 110 Å². The highest BCUT2D eigenvalue weighted by molar-refractivity contribution is 6.22. The molecule has 0 bridgehead atoms.